The largest absolute Gasteiger partial charge is 0.486 e. The number of benzene rings is 2. The smallest absolute Gasteiger partial charge is 0.165 e. The van der Waals surface area contributed by atoms with Crippen molar-refractivity contribution >= 4 is 39.2 Å². The van der Waals surface area contributed by atoms with Crippen LogP contribution in [0.25, 0.3) is 22.2 Å². The summed E-state index contributed by atoms with van der Waals surface area (Å²) in [6.07, 6.45) is 5.74. The van der Waals surface area contributed by atoms with E-state index in [4.69, 9.17) is 4.74 Å². The number of rotatable bonds is 8. The lowest BCUT2D eigenvalue weighted by molar-refractivity contribution is 0.340. The maximum Gasteiger partial charge on any atom is 0.165 e. The Morgan fingerprint density at radius 3 is 2.62 bits per heavy atom. The second kappa shape index (κ2) is 10.6. The van der Waals surface area contributed by atoms with Gasteiger partial charge < -0.3 is 4.74 Å². The molecule has 1 aromatic heterocycles. The molecular formula is C22H24BrClFN3O. The normalized spacial score (nSPS) is 11.2. The number of hydrogen-bond acceptors (Lipinski definition) is 3. The van der Waals surface area contributed by atoms with Crippen LogP contribution in [0.2, 0.25) is 0 Å². The molecule has 3 rings (SSSR count). The molecule has 0 aliphatic rings. The Kier molecular flexibility index (Phi) is 8.44. The van der Waals surface area contributed by atoms with E-state index in [0.29, 0.717) is 6.61 Å². The number of likely N-dealkylation sites (N-methyl/N-ethyl adjacent to an activating group) is 1. The van der Waals surface area contributed by atoms with Gasteiger partial charge >= 0.3 is 0 Å². The molecular weight excluding hydrogens is 457 g/mol. The minimum Gasteiger partial charge on any atom is -0.486 e. The Balaban J connectivity index is 0.00000300. The number of aryl methyl sites for hydroxylation is 1. The Hall–Kier alpha value is -2.15. The Morgan fingerprint density at radius 1 is 1.21 bits per heavy atom. The van der Waals surface area contributed by atoms with Gasteiger partial charge in [0.05, 0.1) is 5.52 Å². The fourth-order valence-electron chi connectivity index (χ4n) is 2.94. The second-order valence-electron chi connectivity index (χ2n) is 6.57. The van der Waals surface area contributed by atoms with Gasteiger partial charge in [-0.2, -0.15) is 5.10 Å². The first kappa shape index (κ1) is 23.1. The van der Waals surface area contributed by atoms with E-state index < -0.39 is 5.82 Å². The zero-order valence-corrected chi connectivity index (χ0v) is 18.8. The quantitative estimate of drug-likeness (QED) is 0.392. The summed E-state index contributed by atoms with van der Waals surface area (Å²) in [5.41, 5.74) is 2.51. The minimum absolute atomic E-state index is 0. The third-order valence-corrected chi connectivity index (χ3v) is 4.91. The zero-order chi connectivity index (χ0) is 20.1. The molecule has 2 aromatic carbocycles. The Labute approximate surface area is 185 Å². The molecule has 0 fully saturated rings. The van der Waals surface area contributed by atoms with E-state index in [1.165, 1.54) is 6.07 Å². The van der Waals surface area contributed by atoms with Gasteiger partial charge in [0.15, 0.2) is 11.6 Å². The molecule has 0 aliphatic carbocycles. The average molecular weight is 481 g/mol. The molecule has 0 atom stereocenters. The lowest BCUT2D eigenvalue weighted by Crippen LogP contribution is -2.17. The minimum atomic E-state index is -0.393. The SMILES string of the molecule is C=CCN(C)CC=CCOc1cc2c(cc1F)c(-c1ccc(Br)cc1)nn2C.Cl. The predicted octanol–water partition coefficient (Wildman–Crippen LogP) is 5.62. The molecule has 0 bridgehead atoms. The first-order valence-corrected chi connectivity index (χ1v) is 9.78. The first-order chi connectivity index (χ1) is 13.5. The van der Waals surface area contributed by atoms with Crippen molar-refractivity contribution < 1.29 is 9.13 Å². The van der Waals surface area contributed by atoms with Crippen molar-refractivity contribution in [3.63, 3.8) is 0 Å². The van der Waals surface area contributed by atoms with Gasteiger partial charge in [-0.25, -0.2) is 4.39 Å². The molecule has 0 unspecified atom stereocenters. The number of ether oxygens (including phenoxy) is 1. The van der Waals surface area contributed by atoms with Crippen molar-refractivity contribution in [2.75, 3.05) is 26.7 Å². The maximum absolute atomic E-state index is 14.6. The Bertz CT molecular complexity index is 1000. The van der Waals surface area contributed by atoms with Gasteiger partial charge in [-0.3, -0.25) is 9.58 Å². The van der Waals surface area contributed by atoms with Crippen LogP contribution in [0.4, 0.5) is 4.39 Å². The fraction of sp³-hybridized carbons (Fsp3) is 0.227. The van der Waals surface area contributed by atoms with E-state index in [1.54, 1.807) is 10.7 Å². The Morgan fingerprint density at radius 2 is 1.93 bits per heavy atom. The molecule has 0 radical (unpaired) electrons. The van der Waals surface area contributed by atoms with Crippen molar-refractivity contribution in [2.45, 2.75) is 0 Å². The fourth-order valence-corrected chi connectivity index (χ4v) is 3.21. The standard InChI is InChI=1S/C22H23BrFN3O.ClH/c1-4-11-26(2)12-5-6-13-28-21-15-20-18(14-19(21)24)22(25-27(20)3)16-7-9-17(23)10-8-16;/h4-10,14-15H,1,11-13H2,2-3H3;1H. The topological polar surface area (TPSA) is 30.3 Å². The van der Waals surface area contributed by atoms with E-state index in [2.05, 4.69) is 32.5 Å². The highest BCUT2D eigenvalue weighted by Crippen LogP contribution is 2.32. The van der Waals surface area contributed by atoms with Crippen molar-refractivity contribution in [2.24, 2.45) is 7.05 Å². The molecule has 4 nitrogen and oxygen atoms in total. The molecule has 29 heavy (non-hydrogen) atoms. The summed E-state index contributed by atoms with van der Waals surface area (Å²) < 4.78 is 23.0. The molecule has 0 spiro atoms. The van der Waals surface area contributed by atoms with E-state index in [1.807, 2.05) is 56.6 Å². The van der Waals surface area contributed by atoms with Gasteiger partial charge in [-0.05, 0) is 25.2 Å². The van der Waals surface area contributed by atoms with Crippen LogP contribution < -0.4 is 4.74 Å². The lowest BCUT2D eigenvalue weighted by Gasteiger charge is -2.10. The van der Waals surface area contributed by atoms with Gasteiger partial charge in [-0.1, -0.05) is 46.3 Å². The number of halogens is 3. The van der Waals surface area contributed by atoms with E-state index in [0.717, 1.165) is 39.7 Å². The summed E-state index contributed by atoms with van der Waals surface area (Å²) in [7, 11) is 3.85. The summed E-state index contributed by atoms with van der Waals surface area (Å²) in [6.45, 7) is 5.62. The second-order valence-corrected chi connectivity index (χ2v) is 7.49. The summed E-state index contributed by atoms with van der Waals surface area (Å²) in [5.74, 6) is -0.169. The first-order valence-electron chi connectivity index (χ1n) is 8.99. The van der Waals surface area contributed by atoms with Crippen LogP contribution in [0.1, 0.15) is 0 Å². The third-order valence-electron chi connectivity index (χ3n) is 4.38. The zero-order valence-electron chi connectivity index (χ0n) is 16.4. The highest BCUT2D eigenvalue weighted by atomic mass is 79.9. The molecule has 154 valence electrons. The number of fused-ring (bicyclic) bond motifs is 1. The average Bonchev–Trinajstić information content (AvgIpc) is 2.98. The van der Waals surface area contributed by atoms with Gasteiger partial charge in [0.2, 0.25) is 0 Å². The number of nitrogens with zero attached hydrogens (tertiary/aromatic N) is 3. The van der Waals surface area contributed by atoms with Crippen LogP contribution in [-0.2, 0) is 7.05 Å². The maximum atomic E-state index is 14.6. The number of hydrogen-bond donors (Lipinski definition) is 0. The van der Waals surface area contributed by atoms with E-state index in [9.17, 15) is 4.39 Å². The predicted molar refractivity (Wildman–Crippen MR) is 123 cm³/mol. The van der Waals surface area contributed by atoms with Crippen LogP contribution in [0.3, 0.4) is 0 Å². The molecule has 7 heteroatoms. The van der Waals surface area contributed by atoms with Crippen LogP contribution in [0.15, 0.2) is 65.7 Å². The van der Waals surface area contributed by atoms with E-state index in [-0.39, 0.29) is 18.2 Å². The van der Waals surface area contributed by atoms with E-state index >= 15 is 0 Å². The summed E-state index contributed by atoms with van der Waals surface area (Å²) in [6, 6.07) is 11.0. The highest BCUT2D eigenvalue weighted by molar-refractivity contribution is 9.10. The summed E-state index contributed by atoms with van der Waals surface area (Å²) in [5, 5.41) is 5.33. The molecule has 3 aromatic rings. The van der Waals surface area contributed by atoms with Gasteiger partial charge in [0.25, 0.3) is 0 Å². The summed E-state index contributed by atoms with van der Waals surface area (Å²) in [4.78, 5) is 2.11. The van der Waals surface area contributed by atoms with Gasteiger partial charge in [0.1, 0.15) is 12.3 Å². The van der Waals surface area contributed by atoms with Crippen molar-refractivity contribution in [1.29, 1.82) is 0 Å². The van der Waals surface area contributed by atoms with Gasteiger partial charge in [0, 0.05) is 41.6 Å². The summed E-state index contributed by atoms with van der Waals surface area (Å²) >= 11 is 3.43. The van der Waals surface area contributed by atoms with Crippen LogP contribution in [0, 0.1) is 5.82 Å². The number of aromatic nitrogens is 2. The van der Waals surface area contributed by atoms with Crippen LogP contribution in [0.5, 0.6) is 5.75 Å². The molecule has 0 saturated heterocycles. The van der Waals surface area contributed by atoms with Crippen molar-refractivity contribution in [1.82, 2.24) is 14.7 Å². The molecule has 0 saturated carbocycles. The highest BCUT2D eigenvalue weighted by Gasteiger charge is 2.15. The van der Waals surface area contributed by atoms with Crippen molar-refractivity contribution in [3.8, 4) is 17.0 Å². The van der Waals surface area contributed by atoms with Crippen LogP contribution >= 0.6 is 28.3 Å². The van der Waals surface area contributed by atoms with Gasteiger partial charge in [-0.15, -0.1) is 19.0 Å². The molecule has 0 N–H and O–H groups in total. The molecule has 0 amide bonds. The third kappa shape index (κ3) is 5.69. The van der Waals surface area contributed by atoms with Crippen LogP contribution in [-0.4, -0.2) is 41.4 Å². The molecule has 0 aliphatic heterocycles. The van der Waals surface area contributed by atoms with Crippen molar-refractivity contribution in [3.05, 3.63) is 71.5 Å². The molecule has 1 heterocycles. The monoisotopic (exact) mass is 479 g/mol. The lowest BCUT2D eigenvalue weighted by atomic mass is 10.1.